The first kappa shape index (κ1) is 19.9. The maximum atomic E-state index is 13.1. The Morgan fingerprint density at radius 3 is 2.68 bits per heavy atom. The van der Waals surface area contributed by atoms with Gasteiger partial charge in [-0.05, 0) is 30.7 Å². The summed E-state index contributed by atoms with van der Waals surface area (Å²) in [5.74, 6) is -1.01. The molecule has 11 heteroatoms. The van der Waals surface area contributed by atoms with E-state index in [0.29, 0.717) is 11.3 Å². The molecule has 0 bridgehead atoms. The molecular formula is C17H14ClF4N5O. The van der Waals surface area contributed by atoms with Crippen LogP contribution in [-0.2, 0) is 24.1 Å². The number of amides is 1. The van der Waals surface area contributed by atoms with Crippen LogP contribution in [-0.4, -0.2) is 25.5 Å². The summed E-state index contributed by atoms with van der Waals surface area (Å²) < 4.78 is 53.6. The normalized spacial score (nSPS) is 11.6. The first-order valence-corrected chi connectivity index (χ1v) is 8.37. The lowest BCUT2D eigenvalue weighted by Gasteiger charge is -2.06. The molecule has 0 radical (unpaired) electrons. The quantitative estimate of drug-likeness (QED) is 0.643. The van der Waals surface area contributed by atoms with Crippen LogP contribution in [0.4, 0.5) is 23.2 Å². The van der Waals surface area contributed by atoms with Crippen molar-refractivity contribution >= 4 is 23.2 Å². The largest absolute Gasteiger partial charge is 0.435 e. The Bertz CT molecular complexity index is 1010. The van der Waals surface area contributed by atoms with E-state index < -0.39 is 23.6 Å². The summed E-state index contributed by atoms with van der Waals surface area (Å²) >= 11 is 5.97. The highest BCUT2D eigenvalue weighted by molar-refractivity contribution is 6.31. The molecule has 0 fully saturated rings. The minimum atomic E-state index is -4.57. The third kappa shape index (κ3) is 4.69. The third-order valence-corrected chi connectivity index (χ3v) is 4.18. The highest BCUT2D eigenvalue weighted by Crippen LogP contribution is 2.28. The molecule has 0 spiro atoms. The van der Waals surface area contributed by atoms with E-state index in [2.05, 4.69) is 15.5 Å². The summed E-state index contributed by atoms with van der Waals surface area (Å²) in [7, 11) is 0. The number of hydrogen-bond acceptors (Lipinski definition) is 3. The average Bonchev–Trinajstić information content (AvgIpc) is 3.17. The Kier molecular flexibility index (Phi) is 5.41. The van der Waals surface area contributed by atoms with E-state index in [1.54, 1.807) is 0 Å². The van der Waals surface area contributed by atoms with Gasteiger partial charge in [-0.2, -0.15) is 23.4 Å². The number of halogens is 5. The SMILES string of the molecule is Cc1cc(C(F)(F)F)nn1CC(=O)Nc1cnn(Cc2ccc(F)cc2Cl)c1. The van der Waals surface area contributed by atoms with Crippen molar-refractivity contribution in [1.29, 1.82) is 0 Å². The van der Waals surface area contributed by atoms with Gasteiger partial charge in [0, 0.05) is 16.9 Å². The predicted octanol–water partition coefficient (Wildman–Crippen LogP) is 3.89. The van der Waals surface area contributed by atoms with E-state index in [1.165, 1.54) is 42.2 Å². The second-order valence-corrected chi connectivity index (χ2v) is 6.44. The zero-order valence-electron chi connectivity index (χ0n) is 14.5. The molecule has 0 unspecified atom stereocenters. The average molecular weight is 416 g/mol. The predicted molar refractivity (Wildman–Crippen MR) is 93.3 cm³/mol. The molecule has 148 valence electrons. The maximum absolute atomic E-state index is 13.1. The van der Waals surface area contributed by atoms with E-state index in [4.69, 9.17) is 11.6 Å². The number of carbonyl (C=O) groups excluding carboxylic acids is 1. The van der Waals surface area contributed by atoms with Gasteiger partial charge in [0.15, 0.2) is 5.69 Å². The number of nitrogens with zero attached hydrogens (tertiary/aromatic N) is 4. The molecular weight excluding hydrogens is 402 g/mol. The van der Waals surface area contributed by atoms with Crippen LogP contribution in [0.3, 0.4) is 0 Å². The first-order chi connectivity index (χ1) is 13.1. The summed E-state index contributed by atoms with van der Waals surface area (Å²) in [4.78, 5) is 12.1. The molecule has 0 atom stereocenters. The van der Waals surface area contributed by atoms with Gasteiger partial charge in [-0.3, -0.25) is 14.2 Å². The highest BCUT2D eigenvalue weighted by atomic mass is 35.5. The highest BCUT2D eigenvalue weighted by Gasteiger charge is 2.34. The van der Waals surface area contributed by atoms with Gasteiger partial charge in [-0.25, -0.2) is 4.39 Å². The molecule has 6 nitrogen and oxygen atoms in total. The zero-order chi connectivity index (χ0) is 20.5. The van der Waals surface area contributed by atoms with Crippen LogP contribution in [0.15, 0.2) is 36.7 Å². The fraction of sp³-hybridized carbons (Fsp3) is 0.235. The molecule has 0 saturated carbocycles. The van der Waals surface area contributed by atoms with Gasteiger partial charge < -0.3 is 5.32 Å². The number of aromatic nitrogens is 4. The molecule has 2 aromatic heterocycles. The summed E-state index contributed by atoms with van der Waals surface area (Å²) in [5, 5.41) is 10.3. The van der Waals surface area contributed by atoms with E-state index in [9.17, 15) is 22.4 Å². The second kappa shape index (κ2) is 7.63. The van der Waals surface area contributed by atoms with Crippen molar-refractivity contribution in [2.45, 2.75) is 26.2 Å². The van der Waals surface area contributed by atoms with Crippen molar-refractivity contribution < 1.29 is 22.4 Å². The Balaban J connectivity index is 1.63. The fourth-order valence-corrected chi connectivity index (χ4v) is 2.71. The number of rotatable bonds is 5. The Morgan fingerprint density at radius 1 is 1.29 bits per heavy atom. The third-order valence-electron chi connectivity index (χ3n) is 3.83. The number of anilines is 1. The molecule has 28 heavy (non-hydrogen) atoms. The van der Waals surface area contributed by atoms with Gasteiger partial charge in [-0.1, -0.05) is 17.7 Å². The second-order valence-electron chi connectivity index (χ2n) is 6.04. The molecule has 1 aromatic carbocycles. The van der Waals surface area contributed by atoms with Gasteiger partial charge in [0.05, 0.1) is 18.4 Å². The summed E-state index contributed by atoms with van der Waals surface area (Å²) in [6.45, 7) is 1.30. The van der Waals surface area contributed by atoms with E-state index in [1.807, 2.05) is 0 Å². The molecule has 1 amide bonds. The number of alkyl halides is 3. The topological polar surface area (TPSA) is 64.7 Å². The number of carbonyl (C=O) groups is 1. The Morgan fingerprint density at radius 2 is 2.04 bits per heavy atom. The van der Waals surface area contributed by atoms with Crippen molar-refractivity contribution in [3.63, 3.8) is 0 Å². The lowest BCUT2D eigenvalue weighted by molar-refractivity contribution is -0.141. The number of nitrogens with one attached hydrogen (secondary N) is 1. The Labute approximate surface area is 161 Å². The number of benzene rings is 1. The van der Waals surface area contributed by atoms with Crippen LogP contribution < -0.4 is 5.32 Å². The van der Waals surface area contributed by atoms with E-state index >= 15 is 0 Å². The van der Waals surface area contributed by atoms with Crippen molar-refractivity contribution in [2.75, 3.05) is 5.32 Å². The smallest absolute Gasteiger partial charge is 0.322 e. The minimum absolute atomic E-state index is 0.212. The van der Waals surface area contributed by atoms with E-state index in [0.717, 1.165) is 10.7 Å². The van der Waals surface area contributed by atoms with Crippen molar-refractivity contribution in [3.8, 4) is 0 Å². The van der Waals surface area contributed by atoms with Crippen LogP contribution in [0.5, 0.6) is 0 Å². The minimum Gasteiger partial charge on any atom is -0.322 e. The maximum Gasteiger partial charge on any atom is 0.435 e. The zero-order valence-corrected chi connectivity index (χ0v) is 15.2. The van der Waals surface area contributed by atoms with Gasteiger partial charge in [0.1, 0.15) is 12.4 Å². The van der Waals surface area contributed by atoms with Crippen molar-refractivity contribution in [2.24, 2.45) is 0 Å². The molecule has 3 rings (SSSR count). The number of aryl methyl sites for hydroxylation is 1. The van der Waals surface area contributed by atoms with Crippen LogP contribution >= 0.6 is 11.6 Å². The summed E-state index contributed by atoms with van der Waals surface area (Å²) in [5.41, 5.74) is 0.144. The van der Waals surface area contributed by atoms with Crippen LogP contribution in [0, 0.1) is 12.7 Å². The van der Waals surface area contributed by atoms with Crippen LogP contribution in [0.1, 0.15) is 17.0 Å². The summed E-state index contributed by atoms with van der Waals surface area (Å²) in [6, 6.07) is 4.85. The van der Waals surface area contributed by atoms with Crippen LogP contribution in [0.25, 0.3) is 0 Å². The monoisotopic (exact) mass is 415 g/mol. The van der Waals surface area contributed by atoms with Crippen LogP contribution in [0.2, 0.25) is 5.02 Å². The molecule has 0 aliphatic carbocycles. The fourth-order valence-electron chi connectivity index (χ4n) is 2.48. The molecule has 0 aliphatic rings. The molecule has 3 aromatic rings. The Hall–Kier alpha value is -2.88. The van der Waals surface area contributed by atoms with Gasteiger partial charge in [-0.15, -0.1) is 0 Å². The molecule has 0 saturated heterocycles. The van der Waals surface area contributed by atoms with Gasteiger partial charge in [0.2, 0.25) is 5.91 Å². The van der Waals surface area contributed by atoms with E-state index in [-0.39, 0.29) is 23.8 Å². The molecule has 2 heterocycles. The number of hydrogen-bond donors (Lipinski definition) is 1. The van der Waals surface area contributed by atoms with Crippen molar-refractivity contribution in [3.05, 3.63) is 64.5 Å². The first-order valence-electron chi connectivity index (χ1n) is 7.99. The molecule has 1 N–H and O–H groups in total. The lowest BCUT2D eigenvalue weighted by Crippen LogP contribution is -2.20. The van der Waals surface area contributed by atoms with Gasteiger partial charge >= 0.3 is 6.18 Å². The molecule has 0 aliphatic heterocycles. The van der Waals surface area contributed by atoms with Gasteiger partial charge in [0.25, 0.3) is 0 Å². The van der Waals surface area contributed by atoms with Crippen molar-refractivity contribution in [1.82, 2.24) is 19.6 Å². The lowest BCUT2D eigenvalue weighted by atomic mass is 10.2. The standard InChI is InChI=1S/C17H14ClF4N5O/c1-10-4-15(17(20,21)22)25-27(10)9-16(28)24-13-6-23-26(8-13)7-11-2-3-12(19)5-14(11)18/h2-6,8H,7,9H2,1H3,(H,24,28). The summed E-state index contributed by atoms with van der Waals surface area (Å²) in [6.07, 6.45) is -1.67.